The van der Waals surface area contributed by atoms with E-state index in [1.807, 2.05) is 18.2 Å². The van der Waals surface area contributed by atoms with Crippen molar-refractivity contribution in [3.8, 4) is 0 Å². The normalized spacial score (nSPS) is 43.9. The zero-order chi connectivity index (χ0) is 23.0. The number of ether oxygens (including phenoxy) is 6. The van der Waals surface area contributed by atoms with Crippen LogP contribution in [-0.4, -0.2) is 91.1 Å². The number of rotatable bonds is 12. The molecule has 4 saturated heterocycles. The van der Waals surface area contributed by atoms with E-state index in [0.717, 1.165) is 12.8 Å². The number of epoxide rings is 3. The van der Waals surface area contributed by atoms with Gasteiger partial charge in [0.15, 0.2) is 0 Å². The molecule has 0 spiro atoms. The van der Waals surface area contributed by atoms with Gasteiger partial charge in [0.1, 0.15) is 12.2 Å². The van der Waals surface area contributed by atoms with Crippen molar-refractivity contribution in [2.24, 2.45) is 0 Å². The average Bonchev–Trinajstić information content (AvgIpc) is 3.70. The minimum atomic E-state index is -1.10. The van der Waals surface area contributed by atoms with Crippen molar-refractivity contribution >= 4 is 0 Å². The third kappa shape index (κ3) is 6.13. The maximum atomic E-state index is 10.5. The van der Waals surface area contributed by atoms with Gasteiger partial charge in [0.25, 0.3) is 0 Å². The highest BCUT2D eigenvalue weighted by molar-refractivity contribution is 5.13. The van der Waals surface area contributed by atoms with E-state index in [9.17, 15) is 10.2 Å². The highest BCUT2D eigenvalue weighted by Crippen LogP contribution is 2.42. The van der Waals surface area contributed by atoms with Crippen LogP contribution in [0.1, 0.15) is 38.2 Å². The molecule has 10 atom stereocenters. The maximum absolute atomic E-state index is 10.5. The first-order valence-electron chi connectivity index (χ1n) is 12.1. The Morgan fingerprint density at radius 1 is 0.848 bits per heavy atom. The van der Waals surface area contributed by atoms with Crippen LogP contribution in [0.25, 0.3) is 0 Å². The van der Waals surface area contributed by atoms with Crippen molar-refractivity contribution in [1.82, 2.24) is 0 Å². The summed E-state index contributed by atoms with van der Waals surface area (Å²) in [6.07, 6.45) is 2.19. The molecule has 0 aliphatic carbocycles. The van der Waals surface area contributed by atoms with E-state index in [1.54, 1.807) is 14.0 Å². The maximum Gasteiger partial charge on any atom is 0.110 e. The van der Waals surface area contributed by atoms with E-state index in [1.165, 1.54) is 5.56 Å². The van der Waals surface area contributed by atoms with Gasteiger partial charge in [-0.3, -0.25) is 0 Å². The molecule has 4 aliphatic heterocycles. The first-order valence-corrected chi connectivity index (χ1v) is 12.1. The summed E-state index contributed by atoms with van der Waals surface area (Å²) in [5.74, 6) is 0. The molecule has 33 heavy (non-hydrogen) atoms. The van der Waals surface area contributed by atoms with Crippen molar-refractivity contribution in [2.45, 2.75) is 99.8 Å². The topological polar surface area (TPSA) is 106 Å². The molecule has 1 aromatic rings. The van der Waals surface area contributed by atoms with Gasteiger partial charge in [-0.1, -0.05) is 30.3 Å². The van der Waals surface area contributed by atoms with Gasteiger partial charge in [-0.2, -0.15) is 0 Å². The zero-order valence-corrected chi connectivity index (χ0v) is 19.4. The van der Waals surface area contributed by atoms with E-state index < -0.39 is 17.8 Å². The smallest absolute Gasteiger partial charge is 0.110 e. The summed E-state index contributed by atoms with van der Waals surface area (Å²) in [6, 6.07) is 10.1. The van der Waals surface area contributed by atoms with Crippen molar-refractivity contribution in [3.05, 3.63) is 35.9 Å². The molecule has 1 aromatic carbocycles. The van der Waals surface area contributed by atoms with Crippen molar-refractivity contribution in [3.63, 3.8) is 0 Å². The number of hydrogen-bond donors (Lipinski definition) is 2. The molecule has 5 rings (SSSR count). The third-order valence-electron chi connectivity index (χ3n) is 7.25. The Balaban J connectivity index is 0.959. The van der Waals surface area contributed by atoms with E-state index >= 15 is 0 Å². The summed E-state index contributed by atoms with van der Waals surface area (Å²) in [4.78, 5) is 0. The number of benzene rings is 1. The molecule has 184 valence electrons. The van der Waals surface area contributed by atoms with Crippen molar-refractivity contribution < 1.29 is 38.6 Å². The molecular formula is C25H36O8. The third-order valence-corrected chi connectivity index (χ3v) is 7.25. The fraction of sp³-hybridized carbons (Fsp3) is 0.760. The Bertz CT molecular complexity index is 773. The van der Waals surface area contributed by atoms with Gasteiger partial charge < -0.3 is 38.6 Å². The molecule has 4 aliphatic rings. The van der Waals surface area contributed by atoms with E-state index in [4.69, 9.17) is 28.4 Å². The highest BCUT2D eigenvalue weighted by atomic mass is 16.6. The van der Waals surface area contributed by atoms with Crippen LogP contribution in [0.15, 0.2) is 30.3 Å². The van der Waals surface area contributed by atoms with Crippen LogP contribution in [-0.2, 0) is 35.0 Å². The highest BCUT2D eigenvalue weighted by Gasteiger charge is 2.53. The van der Waals surface area contributed by atoms with Crippen LogP contribution in [0.4, 0.5) is 0 Å². The molecular weight excluding hydrogens is 428 g/mol. The molecule has 8 nitrogen and oxygen atoms in total. The second-order valence-corrected chi connectivity index (χ2v) is 10.1. The fourth-order valence-corrected chi connectivity index (χ4v) is 4.99. The predicted molar refractivity (Wildman–Crippen MR) is 118 cm³/mol. The zero-order valence-electron chi connectivity index (χ0n) is 19.4. The van der Waals surface area contributed by atoms with Crippen LogP contribution in [0.3, 0.4) is 0 Å². The molecule has 0 aromatic heterocycles. The fourth-order valence-electron chi connectivity index (χ4n) is 4.99. The molecule has 0 unspecified atom stereocenters. The van der Waals surface area contributed by atoms with Crippen LogP contribution >= 0.6 is 0 Å². The molecule has 0 saturated carbocycles. The Labute approximate surface area is 195 Å². The Morgan fingerprint density at radius 3 is 2.06 bits per heavy atom. The molecule has 8 heteroatoms. The lowest BCUT2D eigenvalue weighted by Gasteiger charge is -2.43. The molecule has 4 heterocycles. The summed E-state index contributed by atoms with van der Waals surface area (Å²) in [6.45, 7) is 3.20. The number of hydrogen-bond acceptors (Lipinski definition) is 8. The lowest BCUT2D eigenvalue weighted by atomic mass is 9.85. The van der Waals surface area contributed by atoms with Gasteiger partial charge in [-0.15, -0.1) is 0 Å². The molecule has 4 fully saturated rings. The van der Waals surface area contributed by atoms with E-state index in [0.29, 0.717) is 26.2 Å². The van der Waals surface area contributed by atoms with Crippen LogP contribution in [0, 0.1) is 0 Å². The SMILES string of the molecule is COC[C@H]1O[C@@H](C[C@H]2O[C@@H]2C[C@H]2O[C@@H]2C[C@H]2O[C@@H]2COCc2ccccc2)[C@H](O)C[C@]1(C)O. The van der Waals surface area contributed by atoms with Crippen molar-refractivity contribution in [1.29, 1.82) is 0 Å². The molecule has 0 radical (unpaired) electrons. The number of aliphatic hydroxyl groups is 2. The van der Waals surface area contributed by atoms with Crippen LogP contribution in [0.5, 0.6) is 0 Å². The minimum Gasteiger partial charge on any atom is -0.390 e. The first-order chi connectivity index (χ1) is 15.9. The Kier molecular flexibility index (Phi) is 7.07. The largest absolute Gasteiger partial charge is 0.390 e. The first kappa shape index (κ1) is 23.6. The van der Waals surface area contributed by atoms with Gasteiger partial charge in [0.05, 0.1) is 68.1 Å². The number of aliphatic hydroxyl groups excluding tert-OH is 1. The Hall–Kier alpha value is -1.10. The number of methoxy groups -OCH3 is 1. The standard InChI is InChI=1S/C25H36O8/c1-25(27)11-16(26)17(33-24(25)14-28-2)8-18-19(30-18)9-20-21(31-20)10-22-23(32-22)13-29-12-15-6-4-3-5-7-15/h3-7,16-24,26-27H,8-14H2,1-2H3/t16-,17+,18-,19-,20-,21-,22-,23-,24-,25+/m1/s1. The summed E-state index contributed by atoms with van der Waals surface area (Å²) >= 11 is 0. The summed E-state index contributed by atoms with van der Waals surface area (Å²) in [5, 5.41) is 20.9. The average molecular weight is 465 g/mol. The monoisotopic (exact) mass is 464 g/mol. The van der Waals surface area contributed by atoms with E-state index in [-0.39, 0.29) is 49.1 Å². The summed E-state index contributed by atoms with van der Waals surface area (Å²) < 4.78 is 34.3. The van der Waals surface area contributed by atoms with Gasteiger partial charge in [0, 0.05) is 32.8 Å². The lowest BCUT2D eigenvalue weighted by molar-refractivity contribution is -0.222. The lowest BCUT2D eigenvalue weighted by Crippen LogP contribution is -2.56. The van der Waals surface area contributed by atoms with Gasteiger partial charge >= 0.3 is 0 Å². The van der Waals surface area contributed by atoms with E-state index in [2.05, 4.69) is 12.1 Å². The quantitative estimate of drug-likeness (QED) is 0.450. The van der Waals surface area contributed by atoms with Crippen molar-refractivity contribution in [2.75, 3.05) is 20.3 Å². The Morgan fingerprint density at radius 2 is 1.42 bits per heavy atom. The minimum absolute atomic E-state index is 0.0667. The molecule has 2 N–H and O–H groups in total. The summed E-state index contributed by atoms with van der Waals surface area (Å²) in [5.41, 5.74) is 0.0742. The molecule has 0 bridgehead atoms. The van der Waals surface area contributed by atoms with Gasteiger partial charge in [-0.05, 0) is 12.5 Å². The second-order valence-electron chi connectivity index (χ2n) is 10.1. The van der Waals surface area contributed by atoms with Gasteiger partial charge in [-0.25, -0.2) is 0 Å². The molecule has 0 amide bonds. The second kappa shape index (κ2) is 9.87. The van der Waals surface area contributed by atoms with Crippen LogP contribution in [0.2, 0.25) is 0 Å². The van der Waals surface area contributed by atoms with Crippen LogP contribution < -0.4 is 0 Å². The summed E-state index contributed by atoms with van der Waals surface area (Å²) in [7, 11) is 1.58. The predicted octanol–water partition coefficient (Wildman–Crippen LogP) is 1.59. The van der Waals surface area contributed by atoms with Gasteiger partial charge in [0.2, 0.25) is 0 Å².